The molecular weight excluding hydrogens is 242 g/mol. The van der Waals surface area contributed by atoms with Gasteiger partial charge in [-0.05, 0) is 25.3 Å². The van der Waals surface area contributed by atoms with Crippen molar-refractivity contribution in [3.05, 3.63) is 36.7 Å². The van der Waals surface area contributed by atoms with E-state index in [0.717, 1.165) is 31.5 Å². The Morgan fingerprint density at radius 3 is 3.11 bits per heavy atom. The van der Waals surface area contributed by atoms with Crippen molar-refractivity contribution < 1.29 is 4.79 Å². The Hall–Kier alpha value is -2.11. The molecular formula is C13H17N5O. The number of imidazole rings is 1. The van der Waals surface area contributed by atoms with Crippen LogP contribution >= 0.6 is 0 Å². The summed E-state index contributed by atoms with van der Waals surface area (Å²) in [7, 11) is 0. The number of carbonyl (C=O) groups is 1. The Morgan fingerprint density at radius 2 is 2.37 bits per heavy atom. The second-order valence-corrected chi connectivity index (χ2v) is 4.85. The fraction of sp³-hybridized carbons (Fsp3) is 0.462. The summed E-state index contributed by atoms with van der Waals surface area (Å²) < 4.78 is 1.81. The molecule has 6 nitrogen and oxygen atoms in total. The van der Waals surface area contributed by atoms with E-state index < -0.39 is 0 Å². The van der Waals surface area contributed by atoms with Crippen LogP contribution in [0.2, 0.25) is 0 Å². The standard InChI is InChI=1S/C13H17N5O/c19-13(9-17-8-6-14-10-17)18-7-2-1-3-12(18)11-4-5-15-16-11/h4-6,8,10,12H,1-3,7,9H2,(H,15,16). The van der Waals surface area contributed by atoms with E-state index in [1.807, 2.05) is 17.2 Å². The summed E-state index contributed by atoms with van der Waals surface area (Å²) in [5.74, 6) is 0.136. The molecule has 1 aliphatic rings. The normalized spacial score (nSPS) is 19.6. The van der Waals surface area contributed by atoms with E-state index in [2.05, 4.69) is 15.2 Å². The summed E-state index contributed by atoms with van der Waals surface area (Å²) in [6.07, 6.45) is 10.1. The van der Waals surface area contributed by atoms with Crippen molar-refractivity contribution in [1.82, 2.24) is 24.6 Å². The van der Waals surface area contributed by atoms with E-state index >= 15 is 0 Å². The minimum absolute atomic E-state index is 0.132. The number of nitrogens with zero attached hydrogens (tertiary/aromatic N) is 4. The molecule has 6 heteroatoms. The van der Waals surface area contributed by atoms with Gasteiger partial charge in [0.1, 0.15) is 6.54 Å². The average Bonchev–Trinajstić information content (AvgIpc) is 3.11. The Labute approximate surface area is 111 Å². The third-order valence-electron chi connectivity index (χ3n) is 3.58. The molecule has 3 heterocycles. The molecule has 1 amide bonds. The van der Waals surface area contributed by atoms with Crippen LogP contribution in [0.1, 0.15) is 31.0 Å². The van der Waals surface area contributed by atoms with Gasteiger partial charge in [-0.25, -0.2) is 4.98 Å². The van der Waals surface area contributed by atoms with Gasteiger partial charge in [-0.3, -0.25) is 9.89 Å². The molecule has 2 aromatic heterocycles. The molecule has 0 bridgehead atoms. The third-order valence-corrected chi connectivity index (χ3v) is 3.58. The van der Waals surface area contributed by atoms with Gasteiger partial charge in [-0.1, -0.05) is 0 Å². The van der Waals surface area contributed by atoms with Crippen molar-refractivity contribution in [2.75, 3.05) is 6.54 Å². The van der Waals surface area contributed by atoms with Crippen molar-refractivity contribution in [2.24, 2.45) is 0 Å². The summed E-state index contributed by atoms with van der Waals surface area (Å²) in [6, 6.07) is 2.08. The van der Waals surface area contributed by atoms with Crippen LogP contribution < -0.4 is 0 Å². The first kappa shape index (κ1) is 12.0. The molecule has 2 aromatic rings. The largest absolute Gasteiger partial charge is 0.333 e. The van der Waals surface area contributed by atoms with Crippen LogP contribution in [-0.4, -0.2) is 37.1 Å². The fourth-order valence-corrected chi connectivity index (χ4v) is 2.63. The molecule has 1 saturated heterocycles. The van der Waals surface area contributed by atoms with E-state index in [4.69, 9.17) is 0 Å². The molecule has 3 rings (SSSR count). The molecule has 19 heavy (non-hydrogen) atoms. The van der Waals surface area contributed by atoms with Crippen LogP contribution in [0.15, 0.2) is 31.0 Å². The second kappa shape index (κ2) is 5.26. The minimum Gasteiger partial charge on any atom is -0.333 e. The summed E-state index contributed by atoms with van der Waals surface area (Å²) in [5.41, 5.74) is 1.03. The Kier molecular flexibility index (Phi) is 3.31. The zero-order chi connectivity index (χ0) is 13.1. The number of aromatic amines is 1. The van der Waals surface area contributed by atoms with E-state index in [1.54, 1.807) is 23.3 Å². The number of rotatable bonds is 3. The van der Waals surface area contributed by atoms with Crippen molar-refractivity contribution in [2.45, 2.75) is 31.8 Å². The van der Waals surface area contributed by atoms with E-state index in [-0.39, 0.29) is 11.9 Å². The van der Waals surface area contributed by atoms with Gasteiger partial charge in [0.2, 0.25) is 5.91 Å². The molecule has 0 aliphatic carbocycles. The molecule has 0 saturated carbocycles. The predicted octanol–water partition coefficient (Wildman–Crippen LogP) is 1.36. The topological polar surface area (TPSA) is 66.8 Å². The molecule has 0 radical (unpaired) electrons. The molecule has 0 aromatic carbocycles. The predicted molar refractivity (Wildman–Crippen MR) is 69.1 cm³/mol. The Balaban J connectivity index is 1.75. The minimum atomic E-state index is 0.132. The van der Waals surface area contributed by atoms with Gasteiger partial charge in [0, 0.05) is 25.1 Å². The first-order valence-electron chi connectivity index (χ1n) is 6.59. The number of nitrogens with one attached hydrogen (secondary N) is 1. The number of H-pyrrole nitrogens is 1. The molecule has 0 spiro atoms. The zero-order valence-electron chi connectivity index (χ0n) is 10.7. The van der Waals surface area contributed by atoms with Gasteiger partial charge in [-0.15, -0.1) is 0 Å². The highest BCUT2D eigenvalue weighted by atomic mass is 16.2. The average molecular weight is 259 g/mol. The molecule has 1 atom stereocenters. The maximum atomic E-state index is 12.4. The van der Waals surface area contributed by atoms with Crippen molar-refractivity contribution in [1.29, 1.82) is 0 Å². The lowest BCUT2D eigenvalue weighted by Gasteiger charge is -2.35. The lowest BCUT2D eigenvalue weighted by atomic mass is 9.99. The van der Waals surface area contributed by atoms with E-state index in [1.165, 1.54) is 0 Å². The van der Waals surface area contributed by atoms with E-state index in [0.29, 0.717) is 6.54 Å². The van der Waals surface area contributed by atoms with Gasteiger partial charge in [0.05, 0.1) is 18.1 Å². The SMILES string of the molecule is O=C(Cn1ccnc1)N1CCCCC1c1ccn[nH]1. The Bertz CT molecular complexity index is 519. The second-order valence-electron chi connectivity index (χ2n) is 4.85. The maximum Gasteiger partial charge on any atom is 0.243 e. The van der Waals surface area contributed by atoms with Crippen LogP contribution in [0.25, 0.3) is 0 Å². The van der Waals surface area contributed by atoms with Crippen molar-refractivity contribution >= 4 is 5.91 Å². The fourth-order valence-electron chi connectivity index (χ4n) is 2.63. The number of piperidine rings is 1. The molecule has 1 unspecified atom stereocenters. The van der Waals surface area contributed by atoms with Crippen molar-refractivity contribution in [3.8, 4) is 0 Å². The summed E-state index contributed by atoms with van der Waals surface area (Å²) in [4.78, 5) is 18.3. The summed E-state index contributed by atoms with van der Waals surface area (Å²) in [5, 5.41) is 6.98. The quantitative estimate of drug-likeness (QED) is 0.905. The number of carbonyl (C=O) groups excluding carboxylic acids is 1. The molecule has 1 N–H and O–H groups in total. The number of hydrogen-bond donors (Lipinski definition) is 1. The highest BCUT2D eigenvalue weighted by Gasteiger charge is 2.28. The highest BCUT2D eigenvalue weighted by Crippen LogP contribution is 2.29. The zero-order valence-corrected chi connectivity index (χ0v) is 10.7. The lowest BCUT2D eigenvalue weighted by Crippen LogP contribution is -2.40. The van der Waals surface area contributed by atoms with E-state index in [9.17, 15) is 4.79 Å². The maximum absolute atomic E-state index is 12.4. The molecule has 1 aliphatic heterocycles. The monoisotopic (exact) mass is 259 g/mol. The van der Waals surface area contributed by atoms with Gasteiger partial charge in [0.25, 0.3) is 0 Å². The van der Waals surface area contributed by atoms with Crippen LogP contribution in [0.4, 0.5) is 0 Å². The highest BCUT2D eigenvalue weighted by molar-refractivity contribution is 5.76. The summed E-state index contributed by atoms with van der Waals surface area (Å²) in [6.45, 7) is 1.17. The van der Waals surface area contributed by atoms with Gasteiger partial charge in [-0.2, -0.15) is 5.10 Å². The molecule has 100 valence electrons. The van der Waals surface area contributed by atoms with Gasteiger partial charge >= 0.3 is 0 Å². The number of aromatic nitrogens is 4. The first-order chi connectivity index (χ1) is 9.34. The van der Waals surface area contributed by atoms with Gasteiger partial charge in [0.15, 0.2) is 0 Å². The van der Waals surface area contributed by atoms with Crippen LogP contribution in [0.3, 0.4) is 0 Å². The third kappa shape index (κ3) is 2.52. The van der Waals surface area contributed by atoms with Crippen LogP contribution in [-0.2, 0) is 11.3 Å². The molecule has 1 fully saturated rings. The van der Waals surface area contributed by atoms with Crippen molar-refractivity contribution in [3.63, 3.8) is 0 Å². The Morgan fingerprint density at radius 1 is 1.42 bits per heavy atom. The lowest BCUT2D eigenvalue weighted by molar-refractivity contribution is -0.135. The van der Waals surface area contributed by atoms with Gasteiger partial charge < -0.3 is 9.47 Å². The smallest absolute Gasteiger partial charge is 0.243 e. The van der Waals surface area contributed by atoms with Crippen LogP contribution in [0.5, 0.6) is 0 Å². The van der Waals surface area contributed by atoms with Crippen LogP contribution in [0, 0.1) is 0 Å². The first-order valence-corrected chi connectivity index (χ1v) is 6.59. The number of amides is 1. The summed E-state index contributed by atoms with van der Waals surface area (Å²) >= 11 is 0. The number of hydrogen-bond acceptors (Lipinski definition) is 3. The number of likely N-dealkylation sites (tertiary alicyclic amines) is 1.